The van der Waals surface area contributed by atoms with E-state index in [1.54, 1.807) is 18.3 Å². The van der Waals surface area contributed by atoms with Gasteiger partial charge in [-0.05, 0) is 55.3 Å². The Morgan fingerprint density at radius 1 is 0.882 bits per heavy atom. The normalized spacial score (nSPS) is 11.2. The Morgan fingerprint density at radius 3 is 2.21 bits per heavy atom. The third-order valence-electron chi connectivity index (χ3n) is 5.70. The lowest BCUT2D eigenvalue weighted by Gasteiger charge is -2.06. The third-order valence-corrected chi connectivity index (χ3v) is 6.69. The molecule has 0 amide bonds. The van der Waals surface area contributed by atoms with Crippen LogP contribution in [-0.2, 0) is 0 Å². The average molecular weight is 484 g/mol. The van der Waals surface area contributed by atoms with Gasteiger partial charge in [0.2, 0.25) is 5.12 Å². The Morgan fingerprint density at radius 2 is 1.53 bits per heavy atom. The highest BCUT2D eigenvalue weighted by atomic mass is 32.2. The Balaban J connectivity index is 1.76. The van der Waals surface area contributed by atoms with E-state index in [-0.39, 0.29) is 10.9 Å². The molecule has 2 aromatic carbocycles. The molecule has 2 rings (SSSR count). The third kappa shape index (κ3) is 11.2. The number of thioether (sulfide) groups is 1. The second kappa shape index (κ2) is 17.2. The number of aromatic hydroxyl groups is 1. The smallest absolute Gasteiger partial charge is 0.219 e. The van der Waals surface area contributed by atoms with E-state index in [2.05, 4.69) is 18.8 Å². The number of benzene rings is 2. The van der Waals surface area contributed by atoms with Crippen LogP contribution in [-0.4, -0.2) is 28.8 Å². The van der Waals surface area contributed by atoms with Crippen molar-refractivity contribution in [2.24, 2.45) is 4.99 Å². The van der Waals surface area contributed by atoms with Crippen molar-refractivity contribution < 1.29 is 14.6 Å². The van der Waals surface area contributed by atoms with Crippen LogP contribution in [0.3, 0.4) is 0 Å². The van der Waals surface area contributed by atoms with Crippen molar-refractivity contribution in [3.63, 3.8) is 0 Å². The number of ether oxygens (including phenoxy) is 1. The highest BCUT2D eigenvalue weighted by Crippen LogP contribution is 2.23. The van der Waals surface area contributed by atoms with Crippen molar-refractivity contribution >= 4 is 28.8 Å². The molecule has 0 aliphatic carbocycles. The van der Waals surface area contributed by atoms with E-state index < -0.39 is 0 Å². The number of hydrogen-bond donors (Lipinski definition) is 1. The van der Waals surface area contributed by atoms with E-state index in [1.807, 2.05) is 24.3 Å². The number of nitrogens with zero attached hydrogens (tertiary/aromatic N) is 1. The predicted molar refractivity (Wildman–Crippen MR) is 146 cm³/mol. The number of hydrogen-bond acceptors (Lipinski definition) is 5. The van der Waals surface area contributed by atoms with Crippen LogP contribution in [0.2, 0.25) is 0 Å². The summed E-state index contributed by atoms with van der Waals surface area (Å²) in [5.74, 6) is 1.74. The lowest BCUT2D eigenvalue weighted by atomic mass is 10.1. The molecule has 0 saturated carbocycles. The highest BCUT2D eigenvalue weighted by molar-refractivity contribution is 8.14. The molecule has 186 valence electrons. The van der Waals surface area contributed by atoms with Gasteiger partial charge in [0.05, 0.1) is 12.3 Å². The molecule has 0 atom stereocenters. The standard InChI is InChI=1S/C29H41NO3S/c1-3-5-7-9-10-11-13-21-34-29(32)24-14-15-25(28(31)22-24)23-30-26-16-18-27(19-17-26)33-20-12-8-6-4-2/h14-19,22-23,31H,3-13,20-21H2,1-2H3. The number of rotatable bonds is 17. The molecule has 2 aromatic rings. The van der Waals surface area contributed by atoms with Gasteiger partial charge >= 0.3 is 0 Å². The summed E-state index contributed by atoms with van der Waals surface area (Å²) in [5.41, 5.74) is 1.90. The molecule has 0 fully saturated rings. The molecule has 0 saturated heterocycles. The fourth-order valence-electron chi connectivity index (χ4n) is 3.58. The van der Waals surface area contributed by atoms with Crippen LogP contribution >= 0.6 is 11.8 Å². The second-order valence-electron chi connectivity index (χ2n) is 8.69. The van der Waals surface area contributed by atoms with Crippen molar-refractivity contribution in [3.8, 4) is 11.5 Å². The van der Waals surface area contributed by atoms with E-state index in [0.717, 1.165) is 36.6 Å². The van der Waals surface area contributed by atoms with Crippen LogP contribution in [0.4, 0.5) is 5.69 Å². The quantitative estimate of drug-likeness (QED) is 0.180. The molecule has 34 heavy (non-hydrogen) atoms. The number of carbonyl (C=O) groups excluding carboxylic acids is 1. The molecule has 0 unspecified atom stereocenters. The largest absolute Gasteiger partial charge is 0.507 e. The Kier molecular flexibility index (Phi) is 14.2. The summed E-state index contributed by atoms with van der Waals surface area (Å²) in [6.07, 6.45) is 15.0. The summed E-state index contributed by atoms with van der Waals surface area (Å²) in [4.78, 5) is 16.9. The van der Waals surface area contributed by atoms with Gasteiger partial charge in [0, 0.05) is 23.1 Å². The number of carbonyl (C=O) groups is 1. The van der Waals surface area contributed by atoms with Gasteiger partial charge in [-0.15, -0.1) is 0 Å². The summed E-state index contributed by atoms with van der Waals surface area (Å²) in [6.45, 7) is 5.16. The van der Waals surface area contributed by atoms with Crippen LogP contribution in [0.15, 0.2) is 47.5 Å². The van der Waals surface area contributed by atoms with Crippen molar-refractivity contribution in [3.05, 3.63) is 53.6 Å². The second-order valence-corrected chi connectivity index (χ2v) is 9.76. The van der Waals surface area contributed by atoms with Gasteiger partial charge in [-0.1, -0.05) is 83.4 Å². The summed E-state index contributed by atoms with van der Waals surface area (Å²) in [7, 11) is 0. The van der Waals surface area contributed by atoms with Gasteiger partial charge in [0.15, 0.2) is 0 Å². The van der Waals surface area contributed by atoms with Gasteiger partial charge < -0.3 is 9.84 Å². The Bertz CT molecular complexity index is 864. The molecule has 0 radical (unpaired) electrons. The fraction of sp³-hybridized carbons (Fsp3) is 0.517. The zero-order chi connectivity index (χ0) is 24.4. The summed E-state index contributed by atoms with van der Waals surface area (Å²) in [6, 6.07) is 12.7. The summed E-state index contributed by atoms with van der Waals surface area (Å²) < 4.78 is 5.76. The first-order valence-electron chi connectivity index (χ1n) is 12.9. The maximum Gasteiger partial charge on any atom is 0.219 e. The lowest BCUT2D eigenvalue weighted by Crippen LogP contribution is -1.97. The fourth-order valence-corrected chi connectivity index (χ4v) is 4.41. The average Bonchev–Trinajstić information content (AvgIpc) is 2.85. The maximum atomic E-state index is 12.4. The molecule has 0 aliphatic heterocycles. The Labute approximate surface area is 210 Å². The monoisotopic (exact) mass is 483 g/mol. The molecular formula is C29H41NO3S. The first-order chi connectivity index (χ1) is 16.6. The van der Waals surface area contributed by atoms with Crippen molar-refractivity contribution in [1.29, 1.82) is 0 Å². The molecule has 0 aromatic heterocycles. The van der Waals surface area contributed by atoms with Crippen LogP contribution in [0, 0.1) is 0 Å². The molecule has 0 spiro atoms. The van der Waals surface area contributed by atoms with Crippen molar-refractivity contribution in [2.45, 2.75) is 84.5 Å². The topological polar surface area (TPSA) is 58.9 Å². The van der Waals surface area contributed by atoms with Crippen molar-refractivity contribution in [1.82, 2.24) is 0 Å². The number of phenols is 1. The van der Waals surface area contributed by atoms with Crippen molar-refractivity contribution in [2.75, 3.05) is 12.4 Å². The van der Waals surface area contributed by atoms with E-state index in [1.165, 1.54) is 75.6 Å². The summed E-state index contributed by atoms with van der Waals surface area (Å²) >= 11 is 1.34. The highest BCUT2D eigenvalue weighted by Gasteiger charge is 2.09. The van der Waals surface area contributed by atoms with Crippen LogP contribution in [0.1, 0.15) is 100 Å². The van der Waals surface area contributed by atoms with Gasteiger partial charge in [0.25, 0.3) is 0 Å². The first kappa shape index (κ1) is 28.0. The zero-order valence-electron chi connectivity index (χ0n) is 20.9. The molecular weight excluding hydrogens is 442 g/mol. The minimum atomic E-state index is 0.00931. The first-order valence-corrected chi connectivity index (χ1v) is 13.9. The molecule has 5 heteroatoms. The van der Waals surface area contributed by atoms with Gasteiger partial charge in [0.1, 0.15) is 11.5 Å². The van der Waals surface area contributed by atoms with E-state index in [4.69, 9.17) is 4.74 Å². The van der Waals surface area contributed by atoms with Gasteiger partial charge in [-0.2, -0.15) is 0 Å². The minimum absolute atomic E-state index is 0.00931. The molecule has 0 aliphatic rings. The van der Waals surface area contributed by atoms with E-state index in [0.29, 0.717) is 11.1 Å². The van der Waals surface area contributed by atoms with Crippen LogP contribution in [0.5, 0.6) is 11.5 Å². The van der Waals surface area contributed by atoms with E-state index >= 15 is 0 Å². The number of unbranched alkanes of at least 4 members (excludes halogenated alkanes) is 9. The molecule has 0 bridgehead atoms. The number of aliphatic imine (C=N–C) groups is 1. The minimum Gasteiger partial charge on any atom is -0.507 e. The van der Waals surface area contributed by atoms with E-state index in [9.17, 15) is 9.90 Å². The Hall–Kier alpha value is -2.27. The predicted octanol–water partition coefficient (Wildman–Crippen LogP) is 8.73. The number of phenolic OH excluding ortho intramolecular Hbond substituents is 1. The zero-order valence-corrected chi connectivity index (χ0v) is 21.7. The molecule has 0 heterocycles. The van der Waals surface area contributed by atoms with Gasteiger partial charge in [-0.3, -0.25) is 9.79 Å². The van der Waals surface area contributed by atoms with Gasteiger partial charge in [-0.25, -0.2) is 0 Å². The summed E-state index contributed by atoms with van der Waals surface area (Å²) in [5, 5.41) is 10.4. The maximum absolute atomic E-state index is 12.4. The SMILES string of the molecule is CCCCCCCCCSC(=O)c1ccc(C=Nc2ccc(OCCCCCC)cc2)c(O)c1. The lowest BCUT2D eigenvalue weighted by molar-refractivity contribution is 0.108. The molecule has 1 N–H and O–H groups in total. The van der Waals surface area contributed by atoms with Crippen LogP contribution < -0.4 is 4.74 Å². The molecule has 4 nitrogen and oxygen atoms in total. The van der Waals surface area contributed by atoms with Crippen LogP contribution in [0.25, 0.3) is 0 Å².